The minimum atomic E-state index is -0.136. The van der Waals surface area contributed by atoms with Crippen LogP contribution in [-0.2, 0) is 24.2 Å². The zero-order valence-corrected chi connectivity index (χ0v) is 9.40. The van der Waals surface area contributed by atoms with Gasteiger partial charge in [0.05, 0.1) is 12.2 Å². The predicted octanol–water partition coefficient (Wildman–Crippen LogP) is 1.82. The molecule has 0 saturated carbocycles. The van der Waals surface area contributed by atoms with Gasteiger partial charge in [-0.3, -0.25) is 4.79 Å². The van der Waals surface area contributed by atoms with Crippen LogP contribution in [0.1, 0.15) is 28.4 Å². The molecule has 2 rings (SSSR count). The average molecular weight is 222 g/mol. The fraction of sp³-hybridized carbons (Fsp3) is 0.455. The van der Waals surface area contributed by atoms with Crippen LogP contribution >= 0.6 is 11.3 Å². The van der Waals surface area contributed by atoms with Gasteiger partial charge >= 0.3 is 0 Å². The Bertz CT molecular complexity index is 360. The summed E-state index contributed by atoms with van der Waals surface area (Å²) in [5.74, 6) is -0.136. The van der Waals surface area contributed by atoms with Gasteiger partial charge in [0, 0.05) is 4.88 Å². The van der Waals surface area contributed by atoms with Gasteiger partial charge in [-0.2, -0.15) is 0 Å². The number of fused-ring (bicyclic) bond motifs is 1. The van der Waals surface area contributed by atoms with Crippen LogP contribution < -0.4 is 5.32 Å². The number of carbonyl (C=O) groups excluding carboxylic acids is 1. The van der Waals surface area contributed by atoms with Gasteiger partial charge in [-0.25, -0.2) is 4.98 Å². The standard InChI is InChI=1S/C11H14N2OS/c1-2-10(14)12-7-11-13-8-5-3-4-6-9(8)15-11/h2H,1,3-7H2,(H,12,14). The third kappa shape index (κ3) is 2.45. The Morgan fingerprint density at radius 1 is 1.53 bits per heavy atom. The van der Waals surface area contributed by atoms with E-state index in [9.17, 15) is 4.79 Å². The molecule has 1 aliphatic carbocycles. The van der Waals surface area contributed by atoms with Crippen molar-refractivity contribution in [1.29, 1.82) is 0 Å². The van der Waals surface area contributed by atoms with Crippen molar-refractivity contribution in [2.45, 2.75) is 32.2 Å². The van der Waals surface area contributed by atoms with Gasteiger partial charge < -0.3 is 5.32 Å². The zero-order chi connectivity index (χ0) is 10.7. The van der Waals surface area contributed by atoms with Crippen molar-refractivity contribution in [3.8, 4) is 0 Å². The second kappa shape index (κ2) is 4.57. The van der Waals surface area contributed by atoms with E-state index in [4.69, 9.17) is 0 Å². The predicted molar refractivity (Wildman–Crippen MR) is 60.8 cm³/mol. The average Bonchev–Trinajstić information content (AvgIpc) is 2.68. The maximum Gasteiger partial charge on any atom is 0.243 e. The molecule has 0 unspecified atom stereocenters. The number of aryl methyl sites for hydroxylation is 2. The monoisotopic (exact) mass is 222 g/mol. The third-order valence-corrected chi connectivity index (χ3v) is 3.65. The SMILES string of the molecule is C=CC(=O)NCc1nc2c(s1)CCCC2. The van der Waals surface area contributed by atoms with E-state index in [1.807, 2.05) is 0 Å². The highest BCUT2D eigenvalue weighted by molar-refractivity contribution is 7.11. The summed E-state index contributed by atoms with van der Waals surface area (Å²) in [7, 11) is 0. The molecule has 0 fully saturated rings. The summed E-state index contributed by atoms with van der Waals surface area (Å²) in [6.45, 7) is 3.94. The Hall–Kier alpha value is -1.16. The summed E-state index contributed by atoms with van der Waals surface area (Å²) in [5.41, 5.74) is 1.24. The van der Waals surface area contributed by atoms with E-state index < -0.39 is 0 Å². The minimum Gasteiger partial charge on any atom is -0.346 e. The summed E-state index contributed by atoms with van der Waals surface area (Å²) < 4.78 is 0. The van der Waals surface area contributed by atoms with Crippen molar-refractivity contribution in [2.24, 2.45) is 0 Å². The molecule has 1 amide bonds. The van der Waals surface area contributed by atoms with Crippen LogP contribution in [0.25, 0.3) is 0 Å². The van der Waals surface area contributed by atoms with Gasteiger partial charge in [0.25, 0.3) is 0 Å². The first-order valence-electron chi connectivity index (χ1n) is 5.17. The van der Waals surface area contributed by atoms with Gasteiger partial charge in [-0.1, -0.05) is 6.58 Å². The Kier molecular flexibility index (Phi) is 3.16. The minimum absolute atomic E-state index is 0.136. The molecule has 15 heavy (non-hydrogen) atoms. The topological polar surface area (TPSA) is 42.0 Å². The van der Waals surface area contributed by atoms with Crippen LogP contribution in [0.15, 0.2) is 12.7 Å². The molecule has 0 aliphatic heterocycles. The van der Waals surface area contributed by atoms with Gasteiger partial charge in [0.2, 0.25) is 5.91 Å². The van der Waals surface area contributed by atoms with Crippen molar-refractivity contribution in [3.05, 3.63) is 28.2 Å². The lowest BCUT2D eigenvalue weighted by molar-refractivity contribution is -0.116. The molecule has 1 aromatic heterocycles. The number of hydrogen-bond acceptors (Lipinski definition) is 3. The molecule has 1 aromatic rings. The maximum absolute atomic E-state index is 11.0. The Morgan fingerprint density at radius 2 is 2.33 bits per heavy atom. The zero-order valence-electron chi connectivity index (χ0n) is 8.58. The third-order valence-electron chi connectivity index (χ3n) is 2.49. The van der Waals surface area contributed by atoms with E-state index >= 15 is 0 Å². The van der Waals surface area contributed by atoms with Crippen LogP contribution in [0.4, 0.5) is 0 Å². The molecule has 0 aromatic carbocycles. The van der Waals surface area contributed by atoms with Crippen LogP contribution in [-0.4, -0.2) is 10.9 Å². The van der Waals surface area contributed by atoms with Crippen LogP contribution in [0, 0.1) is 0 Å². The van der Waals surface area contributed by atoms with E-state index in [1.54, 1.807) is 11.3 Å². The van der Waals surface area contributed by atoms with Crippen molar-refractivity contribution in [2.75, 3.05) is 0 Å². The summed E-state index contributed by atoms with van der Waals surface area (Å²) >= 11 is 1.73. The Labute approximate surface area is 93.2 Å². The molecule has 0 radical (unpaired) electrons. The number of rotatable bonds is 3. The van der Waals surface area contributed by atoms with Crippen molar-refractivity contribution >= 4 is 17.2 Å². The van der Waals surface area contributed by atoms with Crippen molar-refractivity contribution in [3.63, 3.8) is 0 Å². The molecule has 0 atom stereocenters. The molecule has 80 valence electrons. The lowest BCUT2D eigenvalue weighted by Gasteiger charge is -2.06. The molecular weight excluding hydrogens is 208 g/mol. The van der Waals surface area contributed by atoms with E-state index in [1.165, 1.54) is 29.5 Å². The molecule has 0 spiro atoms. The Balaban J connectivity index is 2.00. The summed E-state index contributed by atoms with van der Waals surface area (Å²) in [4.78, 5) is 16.9. The molecule has 1 heterocycles. The second-order valence-corrected chi connectivity index (χ2v) is 4.77. The molecule has 0 bridgehead atoms. The first-order valence-corrected chi connectivity index (χ1v) is 5.99. The number of nitrogens with one attached hydrogen (secondary N) is 1. The van der Waals surface area contributed by atoms with Gasteiger partial charge in [0.1, 0.15) is 5.01 Å². The fourth-order valence-corrected chi connectivity index (χ4v) is 2.81. The van der Waals surface area contributed by atoms with E-state index in [-0.39, 0.29) is 5.91 Å². The highest BCUT2D eigenvalue weighted by atomic mass is 32.1. The van der Waals surface area contributed by atoms with Crippen LogP contribution in [0.3, 0.4) is 0 Å². The van der Waals surface area contributed by atoms with Crippen molar-refractivity contribution < 1.29 is 4.79 Å². The molecular formula is C11H14N2OS. The highest BCUT2D eigenvalue weighted by Gasteiger charge is 2.14. The van der Waals surface area contributed by atoms with E-state index in [2.05, 4.69) is 16.9 Å². The number of hydrogen-bond donors (Lipinski definition) is 1. The molecule has 1 N–H and O–H groups in total. The van der Waals surface area contributed by atoms with Gasteiger partial charge in [-0.15, -0.1) is 11.3 Å². The van der Waals surface area contributed by atoms with Gasteiger partial charge in [-0.05, 0) is 31.8 Å². The number of amides is 1. The fourth-order valence-electron chi connectivity index (χ4n) is 1.72. The number of thiazole rings is 1. The first kappa shape index (κ1) is 10.4. The van der Waals surface area contributed by atoms with E-state index in [0.29, 0.717) is 6.54 Å². The molecule has 3 nitrogen and oxygen atoms in total. The van der Waals surface area contributed by atoms with Crippen LogP contribution in [0.2, 0.25) is 0 Å². The lowest BCUT2D eigenvalue weighted by atomic mass is 10.0. The Morgan fingerprint density at radius 3 is 3.07 bits per heavy atom. The molecule has 0 saturated heterocycles. The lowest BCUT2D eigenvalue weighted by Crippen LogP contribution is -2.19. The maximum atomic E-state index is 11.0. The second-order valence-electron chi connectivity index (χ2n) is 3.61. The largest absolute Gasteiger partial charge is 0.346 e. The quantitative estimate of drug-likeness (QED) is 0.793. The van der Waals surface area contributed by atoms with Gasteiger partial charge in [0.15, 0.2) is 0 Å². The molecule has 4 heteroatoms. The first-order chi connectivity index (χ1) is 7.29. The molecule has 1 aliphatic rings. The van der Waals surface area contributed by atoms with Crippen molar-refractivity contribution in [1.82, 2.24) is 10.3 Å². The number of aromatic nitrogens is 1. The summed E-state index contributed by atoms with van der Waals surface area (Å²) in [6.07, 6.45) is 6.06. The highest BCUT2D eigenvalue weighted by Crippen LogP contribution is 2.26. The smallest absolute Gasteiger partial charge is 0.243 e. The van der Waals surface area contributed by atoms with Crippen LogP contribution in [0.5, 0.6) is 0 Å². The normalized spacial score (nSPS) is 14.4. The summed E-state index contributed by atoms with van der Waals surface area (Å²) in [5, 5.41) is 3.76. The van der Waals surface area contributed by atoms with E-state index in [0.717, 1.165) is 17.8 Å². The number of nitrogens with zero attached hydrogens (tertiary/aromatic N) is 1. The number of carbonyl (C=O) groups is 1. The summed E-state index contributed by atoms with van der Waals surface area (Å²) in [6, 6.07) is 0.